The highest BCUT2D eigenvalue weighted by atomic mass is 19.4. The van der Waals surface area contributed by atoms with Gasteiger partial charge in [-0.3, -0.25) is 4.57 Å². The summed E-state index contributed by atoms with van der Waals surface area (Å²) in [5, 5.41) is 0.907. The maximum absolute atomic E-state index is 12.5. The normalized spacial score (nSPS) is 11.9. The van der Waals surface area contributed by atoms with E-state index in [4.69, 9.17) is 0 Å². The van der Waals surface area contributed by atoms with Crippen LogP contribution in [0.2, 0.25) is 0 Å². The largest absolute Gasteiger partial charge is 0.417 e. The zero-order valence-corrected chi connectivity index (χ0v) is 9.59. The summed E-state index contributed by atoms with van der Waals surface area (Å²) in [5.41, 5.74) is -0.101. The number of pyridine rings is 2. The minimum atomic E-state index is -4.37. The molecule has 0 aliphatic heterocycles. The molecular formula is C13H8F3N3. The van der Waals surface area contributed by atoms with Crippen molar-refractivity contribution in [2.45, 2.75) is 6.18 Å². The second-order valence-electron chi connectivity index (χ2n) is 4.00. The van der Waals surface area contributed by atoms with Crippen LogP contribution in [0.4, 0.5) is 13.2 Å². The molecule has 0 N–H and O–H groups in total. The third-order valence-electron chi connectivity index (χ3n) is 2.77. The molecule has 0 aliphatic carbocycles. The van der Waals surface area contributed by atoms with Gasteiger partial charge < -0.3 is 0 Å². The van der Waals surface area contributed by atoms with Crippen LogP contribution < -0.4 is 0 Å². The van der Waals surface area contributed by atoms with Crippen molar-refractivity contribution >= 4 is 11.0 Å². The Kier molecular flexibility index (Phi) is 2.51. The molecular weight excluding hydrogens is 255 g/mol. The van der Waals surface area contributed by atoms with E-state index in [9.17, 15) is 13.2 Å². The van der Waals surface area contributed by atoms with E-state index in [1.165, 1.54) is 6.07 Å². The monoisotopic (exact) mass is 263 g/mol. The molecule has 0 unspecified atom stereocenters. The molecule has 0 radical (unpaired) electrons. The van der Waals surface area contributed by atoms with Crippen molar-refractivity contribution < 1.29 is 13.2 Å². The minimum absolute atomic E-state index is 0.404. The van der Waals surface area contributed by atoms with E-state index in [0.717, 1.165) is 17.6 Å². The molecule has 0 aromatic carbocycles. The molecule has 0 fully saturated rings. The quantitative estimate of drug-likeness (QED) is 0.673. The molecule has 0 atom stereocenters. The molecule has 0 amide bonds. The molecule has 3 aromatic rings. The number of hydrogen-bond donors (Lipinski definition) is 0. The van der Waals surface area contributed by atoms with Crippen molar-refractivity contribution in [2.75, 3.05) is 0 Å². The van der Waals surface area contributed by atoms with Crippen molar-refractivity contribution in [3.05, 3.63) is 54.5 Å². The lowest BCUT2D eigenvalue weighted by Crippen LogP contribution is -2.06. The number of alkyl halides is 3. The van der Waals surface area contributed by atoms with Gasteiger partial charge in [0.05, 0.1) is 5.56 Å². The number of nitrogens with zero attached hydrogens (tertiary/aromatic N) is 3. The zero-order valence-electron chi connectivity index (χ0n) is 9.59. The standard InChI is InChI=1S/C13H8F3N3/c14-13(15,16)10-3-4-11(18-8-10)19-7-5-9-2-1-6-17-12(9)19/h1-8H. The van der Waals surface area contributed by atoms with Crippen molar-refractivity contribution in [3.8, 4) is 5.82 Å². The van der Waals surface area contributed by atoms with Gasteiger partial charge in [-0.2, -0.15) is 13.2 Å². The third-order valence-corrected chi connectivity index (χ3v) is 2.77. The van der Waals surface area contributed by atoms with Gasteiger partial charge in [0.25, 0.3) is 0 Å². The van der Waals surface area contributed by atoms with Gasteiger partial charge >= 0.3 is 6.18 Å². The van der Waals surface area contributed by atoms with E-state index >= 15 is 0 Å². The summed E-state index contributed by atoms with van der Waals surface area (Å²) >= 11 is 0. The van der Waals surface area contributed by atoms with E-state index in [1.807, 2.05) is 12.1 Å². The smallest absolute Gasteiger partial charge is 0.285 e. The molecule has 96 valence electrons. The summed E-state index contributed by atoms with van der Waals surface area (Å²) in [5.74, 6) is 0.404. The van der Waals surface area contributed by atoms with Crippen LogP contribution in [0.15, 0.2) is 48.9 Å². The van der Waals surface area contributed by atoms with Crippen molar-refractivity contribution in [1.29, 1.82) is 0 Å². The molecule has 6 heteroatoms. The van der Waals surface area contributed by atoms with Gasteiger partial charge in [0, 0.05) is 24.0 Å². The van der Waals surface area contributed by atoms with Crippen LogP contribution in [0.1, 0.15) is 5.56 Å². The van der Waals surface area contributed by atoms with Gasteiger partial charge in [-0.1, -0.05) is 0 Å². The van der Waals surface area contributed by atoms with Gasteiger partial charge in [0.2, 0.25) is 0 Å². The number of fused-ring (bicyclic) bond motifs is 1. The predicted molar refractivity (Wildman–Crippen MR) is 63.9 cm³/mol. The molecule has 3 rings (SSSR count). The van der Waals surface area contributed by atoms with Gasteiger partial charge in [-0.15, -0.1) is 0 Å². The Morgan fingerprint density at radius 3 is 2.53 bits per heavy atom. The van der Waals surface area contributed by atoms with Crippen LogP contribution in [0.25, 0.3) is 16.9 Å². The average molecular weight is 263 g/mol. The lowest BCUT2D eigenvalue weighted by atomic mass is 10.3. The average Bonchev–Trinajstić information content (AvgIpc) is 2.82. The van der Waals surface area contributed by atoms with Crippen LogP contribution in [0.3, 0.4) is 0 Å². The van der Waals surface area contributed by atoms with Gasteiger partial charge in [0.1, 0.15) is 11.5 Å². The molecule has 0 bridgehead atoms. The summed E-state index contributed by atoms with van der Waals surface area (Å²) in [6.45, 7) is 0. The summed E-state index contributed by atoms with van der Waals surface area (Å²) in [4.78, 5) is 8.03. The Bertz CT molecular complexity index is 714. The molecule has 0 saturated heterocycles. The summed E-state index contributed by atoms with van der Waals surface area (Å²) in [6.07, 6.45) is -0.192. The fourth-order valence-corrected chi connectivity index (χ4v) is 1.85. The number of aromatic nitrogens is 3. The Labute approximate surface area is 106 Å². The highest BCUT2D eigenvalue weighted by molar-refractivity contribution is 5.77. The van der Waals surface area contributed by atoms with E-state index in [1.54, 1.807) is 23.0 Å². The van der Waals surface area contributed by atoms with Crippen molar-refractivity contribution in [1.82, 2.24) is 14.5 Å². The van der Waals surface area contributed by atoms with Crippen LogP contribution in [0.5, 0.6) is 0 Å². The minimum Gasteiger partial charge on any atom is -0.285 e. The fraction of sp³-hybridized carbons (Fsp3) is 0.0769. The van der Waals surface area contributed by atoms with Crippen LogP contribution in [0, 0.1) is 0 Å². The SMILES string of the molecule is FC(F)(F)c1ccc(-n2ccc3cccnc32)nc1. The first-order chi connectivity index (χ1) is 9.05. The molecule has 0 saturated carbocycles. The fourth-order valence-electron chi connectivity index (χ4n) is 1.85. The molecule has 0 spiro atoms. The summed E-state index contributed by atoms with van der Waals surface area (Å²) in [7, 11) is 0. The second kappa shape index (κ2) is 4.08. The Morgan fingerprint density at radius 1 is 1.00 bits per heavy atom. The number of rotatable bonds is 1. The topological polar surface area (TPSA) is 30.7 Å². The Balaban J connectivity index is 2.07. The van der Waals surface area contributed by atoms with Gasteiger partial charge in [0.15, 0.2) is 0 Å². The highest BCUT2D eigenvalue weighted by Gasteiger charge is 2.30. The maximum atomic E-state index is 12.5. The van der Waals surface area contributed by atoms with E-state index < -0.39 is 11.7 Å². The summed E-state index contributed by atoms with van der Waals surface area (Å²) < 4.78 is 39.0. The Morgan fingerprint density at radius 2 is 1.84 bits per heavy atom. The van der Waals surface area contributed by atoms with Crippen molar-refractivity contribution in [2.24, 2.45) is 0 Å². The maximum Gasteiger partial charge on any atom is 0.417 e. The van der Waals surface area contributed by atoms with E-state index in [-0.39, 0.29) is 0 Å². The van der Waals surface area contributed by atoms with E-state index in [0.29, 0.717) is 11.5 Å². The molecule has 19 heavy (non-hydrogen) atoms. The van der Waals surface area contributed by atoms with Crippen LogP contribution >= 0.6 is 0 Å². The predicted octanol–water partition coefficient (Wildman–Crippen LogP) is 3.44. The first-order valence-electron chi connectivity index (χ1n) is 5.51. The number of hydrogen-bond acceptors (Lipinski definition) is 2. The van der Waals surface area contributed by atoms with Crippen molar-refractivity contribution in [3.63, 3.8) is 0 Å². The third kappa shape index (κ3) is 2.05. The summed E-state index contributed by atoms with van der Waals surface area (Å²) in [6, 6.07) is 7.85. The molecule has 3 heterocycles. The van der Waals surface area contributed by atoms with E-state index in [2.05, 4.69) is 9.97 Å². The second-order valence-corrected chi connectivity index (χ2v) is 4.00. The molecule has 3 aromatic heterocycles. The zero-order chi connectivity index (χ0) is 13.5. The van der Waals surface area contributed by atoms with Crippen LogP contribution in [-0.2, 0) is 6.18 Å². The van der Waals surface area contributed by atoms with Crippen LogP contribution in [-0.4, -0.2) is 14.5 Å². The number of halogens is 3. The highest BCUT2D eigenvalue weighted by Crippen LogP contribution is 2.29. The van der Waals surface area contributed by atoms with Gasteiger partial charge in [-0.25, -0.2) is 9.97 Å². The first-order valence-corrected chi connectivity index (χ1v) is 5.51. The van der Waals surface area contributed by atoms with Gasteiger partial charge in [-0.05, 0) is 30.3 Å². The lowest BCUT2D eigenvalue weighted by molar-refractivity contribution is -0.137. The Hall–Kier alpha value is -2.37. The first kappa shape index (κ1) is 11.7. The lowest BCUT2D eigenvalue weighted by Gasteiger charge is -2.07. The molecule has 0 aliphatic rings. The molecule has 3 nitrogen and oxygen atoms in total.